The quantitative estimate of drug-likeness (QED) is 0.112. The van der Waals surface area contributed by atoms with Gasteiger partial charge in [0, 0.05) is 0 Å². The van der Waals surface area contributed by atoms with Crippen molar-refractivity contribution in [3.63, 3.8) is 0 Å². The summed E-state index contributed by atoms with van der Waals surface area (Å²) in [5.74, 6) is 0. The van der Waals surface area contributed by atoms with Crippen LogP contribution in [0.25, 0.3) is 44.3 Å². The maximum Gasteiger partial charge on any atom is 0.115 e. The van der Waals surface area contributed by atoms with Crippen LogP contribution in [0.1, 0.15) is 38.9 Å². The summed E-state index contributed by atoms with van der Waals surface area (Å²) in [7, 11) is -2.20. The molecule has 0 bridgehead atoms. The molecule has 0 saturated carbocycles. The molecule has 8 rings (SSSR count). The van der Waals surface area contributed by atoms with E-state index in [-0.39, 0.29) is 0 Å². The molecule has 0 aliphatic carbocycles. The molecule has 0 N–H and O–H groups in total. The summed E-state index contributed by atoms with van der Waals surface area (Å²) in [6.07, 6.45) is 2.28. The lowest BCUT2D eigenvalue weighted by Crippen LogP contribution is -2.28. The molecule has 7 aromatic carbocycles. The van der Waals surface area contributed by atoms with E-state index < -0.39 is 8.07 Å². The van der Waals surface area contributed by atoms with Gasteiger partial charge in [-0.05, 0) is 83.3 Å². The summed E-state index contributed by atoms with van der Waals surface area (Å²) in [5, 5.41) is 2.99. The zero-order chi connectivity index (χ0) is 34.6. The van der Waals surface area contributed by atoms with Crippen molar-refractivity contribution in [3.05, 3.63) is 239 Å². The monoisotopic (exact) mass is 668 g/mol. The summed E-state index contributed by atoms with van der Waals surface area (Å²) in [5.41, 5.74) is 15.2. The fraction of sp³-hybridized carbons (Fsp3) is 0.0400. The normalized spacial score (nSPS) is 14.2. The molecule has 0 spiro atoms. The van der Waals surface area contributed by atoms with E-state index in [2.05, 4.69) is 219 Å². The molecule has 0 fully saturated rings. The van der Waals surface area contributed by atoms with Gasteiger partial charge in [0.15, 0.2) is 0 Å². The minimum atomic E-state index is -2.20. The van der Waals surface area contributed by atoms with Crippen LogP contribution < -0.4 is 0 Å². The highest BCUT2D eigenvalue weighted by Gasteiger charge is 2.43. The Morgan fingerprint density at radius 3 is 1.14 bits per heavy atom. The van der Waals surface area contributed by atoms with Crippen LogP contribution in [0.15, 0.2) is 200 Å². The molecule has 0 aromatic heterocycles. The van der Waals surface area contributed by atoms with Gasteiger partial charge in [-0.1, -0.05) is 213 Å². The van der Waals surface area contributed by atoms with E-state index in [1.165, 1.54) is 77.2 Å². The van der Waals surface area contributed by atoms with E-state index in [4.69, 9.17) is 0 Å². The molecule has 0 saturated heterocycles. The van der Waals surface area contributed by atoms with Crippen molar-refractivity contribution in [1.29, 1.82) is 0 Å². The Hall–Kier alpha value is -6.02. The number of hydrogen-bond donors (Lipinski definition) is 0. The van der Waals surface area contributed by atoms with Crippen molar-refractivity contribution in [2.45, 2.75) is 13.1 Å². The average molecular weight is 669 g/mol. The lowest BCUT2D eigenvalue weighted by Gasteiger charge is -2.26. The van der Waals surface area contributed by atoms with Crippen molar-refractivity contribution in [3.8, 4) is 11.1 Å². The predicted octanol–water partition coefficient (Wildman–Crippen LogP) is 13.3. The standard InChI is InChI=1S/C50H40Si/c1-51(2)49(44-26-16-7-17-27-44)47(42-22-12-5-13-23-42)48(43-24-14-6-15-25-43)50(51)45-34-30-39(31-35-45)38-28-32-41(33-29-38)46(40-20-10-4-11-21-40)36-37-18-8-3-9-19-37/h3-36H,1-2H3/b46-36-. The van der Waals surface area contributed by atoms with Gasteiger partial charge in [-0.25, -0.2) is 0 Å². The fourth-order valence-corrected chi connectivity index (χ4v) is 11.6. The van der Waals surface area contributed by atoms with Crippen LogP contribution in [0, 0.1) is 0 Å². The van der Waals surface area contributed by atoms with Gasteiger partial charge in [-0.2, -0.15) is 0 Å². The van der Waals surface area contributed by atoms with Gasteiger partial charge >= 0.3 is 0 Å². The molecule has 244 valence electrons. The Labute approximate surface area is 303 Å². The molecular weight excluding hydrogens is 629 g/mol. The highest BCUT2D eigenvalue weighted by atomic mass is 28.3. The van der Waals surface area contributed by atoms with E-state index in [0.717, 1.165) is 0 Å². The van der Waals surface area contributed by atoms with Crippen LogP contribution in [-0.4, -0.2) is 8.07 Å². The van der Waals surface area contributed by atoms with Gasteiger partial charge in [0.2, 0.25) is 0 Å². The van der Waals surface area contributed by atoms with Gasteiger partial charge in [0.1, 0.15) is 8.07 Å². The van der Waals surface area contributed by atoms with Gasteiger partial charge in [-0.3, -0.25) is 0 Å². The molecule has 0 atom stereocenters. The van der Waals surface area contributed by atoms with Crippen molar-refractivity contribution in [2.24, 2.45) is 0 Å². The number of benzene rings is 7. The largest absolute Gasteiger partial charge is 0.115 e. The van der Waals surface area contributed by atoms with Gasteiger partial charge < -0.3 is 0 Å². The zero-order valence-electron chi connectivity index (χ0n) is 29.1. The van der Waals surface area contributed by atoms with E-state index in [9.17, 15) is 0 Å². The first kappa shape index (κ1) is 32.2. The van der Waals surface area contributed by atoms with E-state index in [1.807, 2.05) is 0 Å². The average Bonchev–Trinajstić information content (AvgIpc) is 3.45. The third kappa shape index (κ3) is 6.41. The lowest BCUT2D eigenvalue weighted by atomic mass is 9.89. The summed E-state index contributed by atoms with van der Waals surface area (Å²) in [6.45, 7) is 5.06. The first-order valence-electron chi connectivity index (χ1n) is 17.8. The molecule has 1 heteroatoms. The maximum absolute atomic E-state index is 2.53. The molecule has 0 unspecified atom stereocenters. The summed E-state index contributed by atoms with van der Waals surface area (Å²) >= 11 is 0. The fourth-order valence-electron chi connectivity index (χ4n) is 7.74. The third-order valence-electron chi connectivity index (χ3n) is 10.1. The second kappa shape index (κ2) is 14.1. The lowest BCUT2D eigenvalue weighted by molar-refractivity contribution is 1.53. The van der Waals surface area contributed by atoms with E-state index in [0.29, 0.717) is 0 Å². The molecule has 1 heterocycles. The second-order valence-corrected chi connectivity index (χ2v) is 18.0. The Bertz CT molecular complexity index is 2350. The van der Waals surface area contributed by atoms with Gasteiger partial charge in [-0.15, -0.1) is 0 Å². The highest BCUT2D eigenvalue weighted by molar-refractivity contribution is 7.13. The second-order valence-electron chi connectivity index (χ2n) is 13.7. The Morgan fingerprint density at radius 2 is 0.667 bits per heavy atom. The smallest absolute Gasteiger partial charge is 0.0622 e. The molecule has 1 aliphatic rings. The molecule has 0 radical (unpaired) electrons. The van der Waals surface area contributed by atoms with Crippen molar-refractivity contribution < 1.29 is 0 Å². The summed E-state index contributed by atoms with van der Waals surface area (Å²) in [6, 6.07) is 72.7. The van der Waals surface area contributed by atoms with Crippen molar-refractivity contribution in [2.75, 3.05) is 0 Å². The Kier molecular flexibility index (Phi) is 8.88. The van der Waals surface area contributed by atoms with E-state index >= 15 is 0 Å². The van der Waals surface area contributed by atoms with Crippen LogP contribution in [0.5, 0.6) is 0 Å². The van der Waals surface area contributed by atoms with E-state index in [1.54, 1.807) is 0 Å². The predicted molar refractivity (Wildman–Crippen MR) is 222 cm³/mol. The molecule has 0 nitrogen and oxygen atoms in total. The molecule has 1 aliphatic heterocycles. The van der Waals surface area contributed by atoms with Gasteiger partial charge in [0.25, 0.3) is 0 Å². The summed E-state index contributed by atoms with van der Waals surface area (Å²) < 4.78 is 0. The molecule has 0 amide bonds. The zero-order valence-corrected chi connectivity index (χ0v) is 30.1. The minimum Gasteiger partial charge on any atom is -0.0622 e. The third-order valence-corrected chi connectivity index (χ3v) is 13.7. The van der Waals surface area contributed by atoms with Crippen molar-refractivity contribution >= 4 is 41.3 Å². The number of allylic oxidation sites excluding steroid dienone is 2. The Morgan fingerprint density at radius 1 is 0.333 bits per heavy atom. The first-order chi connectivity index (χ1) is 25.1. The van der Waals surface area contributed by atoms with Crippen LogP contribution in [-0.2, 0) is 0 Å². The van der Waals surface area contributed by atoms with Crippen LogP contribution in [0.4, 0.5) is 0 Å². The van der Waals surface area contributed by atoms with Crippen LogP contribution >= 0.6 is 0 Å². The Balaban J connectivity index is 1.21. The molecular formula is C50H40Si. The van der Waals surface area contributed by atoms with Crippen LogP contribution in [0.2, 0.25) is 13.1 Å². The van der Waals surface area contributed by atoms with Crippen molar-refractivity contribution in [1.82, 2.24) is 0 Å². The number of rotatable bonds is 8. The number of hydrogen-bond acceptors (Lipinski definition) is 0. The summed E-state index contributed by atoms with van der Waals surface area (Å²) in [4.78, 5) is 0. The highest BCUT2D eigenvalue weighted by Crippen LogP contribution is 2.55. The maximum atomic E-state index is 2.53. The topological polar surface area (TPSA) is 0 Å². The molecule has 51 heavy (non-hydrogen) atoms. The molecule has 7 aromatic rings. The first-order valence-corrected chi connectivity index (χ1v) is 20.8. The minimum absolute atomic E-state index is 1.19. The van der Waals surface area contributed by atoms with Gasteiger partial charge in [0.05, 0.1) is 0 Å². The SMILES string of the molecule is C[Si]1(C)C(c2ccccc2)=C(c2ccccc2)C(c2ccccc2)=C1c1ccc(-c2ccc(/C(=C\c3ccccc3)c3ccccc3)cc2)cc1. The van der Waals surface area contributed by atoms with Crippen LogP contribution in [0.3, 0.4) is 0 Å².